The van der Waals surface area contributed by atoms with E-state index in [0.29, 0.717) is 6.54 Å². The summed E-state index contributed by atoms with van der Waals surface area (Å²) in [6.07, 6.45) is 8.95. The van der Waals surface area contributed by atoms with Crippen LogP contribution in [0, 0.1) is 6.92 Å². The fourth-order valence-electron chi connectivity index (χ4n) is 4.50. The van der Waals surface area contributed by atoms with Gasteiger partial charge >= 0.3 is 0 Å². The number of aliphatic imine (C=N–C) groups is 1. The van der Waals surface area contributed by atoms with Crippen molar-refractivity contribution in [3.05, 3.63) is 34.0 Å². The van der Waals surface area contributed by atoms with Gasteiger partial charge in [-0.1, -0.05) is 25.3 Å². The Morgan fingerprint density at radius 2 is 2.13 bits per heavy atom. The van der Waals surface area contributed by atoms with E-state index in [4.69, 9.17) is 9.73 Å². The van der Waals surface area contributed by atoms with E-state index in [2.05, 4.69) is 38.3 Å². The van der Waals surface area contributed by atoms with E-state index >= 15 is 0 Å². The minimum atomic E-state index is 0.208. The monoisotopic (exact) mass is 430 g/mol. The normalized spacial score (nSPS) is 21.7. The standard InChI is InChI=1S/C22H34N6OS/c1-17-26-27-20(28(17)2)15-24-21(23-14-18-8-6-12-29-18)25-16-22(10-4-3-5-11-22)19-9-7-13-30-19/h7,9,13,18H,3-6,8,10-12,14-16H2,1-2H3,(H2,23,24,25). The van der Waals surface area contributed by atoms with Crippen LogP contribution in [-0.4, -0.2) is 46.5 Å². The number of nitrogens with zero attached hydrogens (tertiary/aromatic N) is 4. The minimum Gasteiger partial charge on any atom is -0.376 e. The van der Waals surface area contributed by atoms with Gasteiger partial charge in [0.2, 0.25) is 0 Å². The molecular formula is C22H34N6OS. The largest absolute Gasteiger partial charge is 0.376 e. The van der Waals surface area contributed by atoms with Gasteiger partial charge in [-0.3, -0.25) is 0 Å². The summed E-state index contributed by atoms with van der Waals surface area (Å²) in [7, 11) is 1.99. The van der Waals surface area contributed by atoms with Crippen LogP contribution < -0.4 is 10.6 Å². The first-order valence-electron chi connectivity index (χ1n) is 11.2. The number of aryl methyl sites for hydroxylation is 1. The van der Waals surface area contributed by atoms with E-state index in [1.165, 1.54) is 37.0 Å². The predicted molar refractivity (Wildman–Crippen MR) is 121 cm³/mol. The van der Waals surface area contributed by atoms with E-state index in [0.717, 1.165) is 50.1 Å². The molecule has 1 aliphatic heterocycles. The van der Waals surface area contributed by atoms with Crippen molar-refractivity contribution in [3.8, 4) is 0 Å². The highest BCUT2D eigenvalue weighted by atomic mass is 32.1. The van der Waals surface area contributed by atoms with Gasteiger partial charge in [0.05, 0.1) is 6.10 Å². The molecule has 2 aromatic heterocycles. The Morgan fingerprint density at radius 3 is 2.80 bits per heavy atom. The quantitative estimate of drug-likeness (QED) is 0.521. The van der Waals surface area contributed by atoms with Crippen molar-refractivity contribution < 1.29 is 4.74 Å². The Morgan fingerprint density at radius 1 is 1.27 bits per heavy atom. The Balaban J connectivity index is 1.46. The molecule has 1 atom stereocenters. The first-order chi connectivity index (χ1) is 14.7. The Labute approximate surface area is 183 Å². The molecule has 0 spiro atoms. The number of hydrogen-bond acceptors (Lipinski definition) is 5. The fourth-order valence-corrected chi connectivity index (χ4v) is 5.49. The lowest BCUT2D eigenvalue weighted by molar-refractivity contribution is 0.113. The fraction of sp³-hybridized carbons (Fsp3) is 0.682. The average Bonchev–Trinajstić information content (AvgIpc) is 3.53. The molecule has 2 aromatic rings. The van der Waals surface area contributed by atoms with Crippen molar-refractivity contribution in [2.45, 2.75) is 69.9 Å². The third-order valence-electron chi connectivity index (χ3n) is 6.53. The summed E-state index contributed by atoms with van der Waals surface area (Å²) in [6.45, 7) is 5.03. The molecular weight excluding hydrogens is 396 g/mol. The molecule has 3 heterocycles. The number of nitrogens with one attached hydrogen (secondary N) is 2. The van der Waals surface area contributed by atoms with Crippen LogP contribution in [0.3, 0.4) is 0 Å². The Bertz CT molecular complexity index is 819. The van der Waals surface area contributed by atoms with Gasteiger partial charge < -0.3 is 19.9 Å². The SMILES string of the molecule is Cc1nnc(CN=C(NCC2CCCO2)NCC2(c3cccs3)CCCCC2)n1C. The van der Waals surface area contributed by atoms with Gasteiger partial charge in [0.1, 0.15) is 12.4 Å². The third-order valence-corrected chi connectivity index (χ3v) is 7.65. The second-order valence-electron chi connectivity index (χ2n) is 8.58. The summed E-state index contributed by atoms with van der Waals surface area (Å²) < 4.78 is 7.79. The van der Waals surface area contributed by atoms with Gasteiger partial charge in [0.15, 0.2) is 11.8 Å². The molecule has 0 bridgehead atoms. The van der Waals surface area contributed by atoms with E-state index < -0.39 is 0 Å². The first-order valence-corrected chi connectivity index (χ1v) is 12.1. The van der Waals surface area contributed by atoms with Gasteiger partial charge in [-0.25, -0.2) is 4.99 Å². The van der Waals surface area contributed by atoms with Crippen molar-refractivity contribution in [2.24, 2.45) is 12.0 Å². The van der Waals surface area contributed by atoms with Crippen molar-refractivity contribution >= 4 is 17.3 Å². The molecule has 2 aliphatic rings. The van der Waals surface area contributed by atoms with Crippen molar-refractivity contribution in [3.63, 3.8) is 0 Å². The summed E-state index contributed by atoms with van der Waals surface area (Å²) >= 11 is 1.89. The van der Waals surface area contributed by atoms with E-state index in [1.54, 1.807) is 0 Å². The van der Waals surface area contributed by atoms with Crippen LogP contribution in [0.5, 0.6) is 0 Å². The van der Waals surface area contributed by atoms with Gasteiger partial charge in [-0.15, -0.1) is 21.5 Å². The van der Waals surface area contributed by atoms with Crippen molar-refractivity contribution in [1.82, 2.24) is 25.4 Å². The van der Waals surface area contributed by atoms with E-state index in [-0.39, 0.29) is 11.5 Å². The predicted octanol–water partition coefficient (Wildman–Crippen LogP) is 3.30. The van der Waals surface area contributed by atoms with Gasteiger partial charge in [-0.05, 0) is 44.1 Å². The zero-order valence-electron chi connectivity index (χ0n) is 18.2. The third kappa shape index (κ3) is 5.03. The lowest BCUT2D eigenvalue weighted by atomic mass is 9.73. The van der Waals surface area contributed by atoms with Crippen LogP contribution >= 0.6 is 11.3 Å². The Kier molecular flexibility index (Phi) is 7.04. The van der Waals surface area contributed by atoms with Crippen LogP contribution in [-0.2, 0) is 23.7 Å². The summed E-state index contributed by atoms with van der Waals surface area (Å²) in [5, 5.41) is 17.8. The van der Waals surface area contributed by atoms with Gasteiger partial charge in [0, 0.05) is 37.0 Å². The number of guanidine groups is 1. The maximum absolute atomic E-state index is 5.79. The van der Waals surface area contributed by atoms with Crippen LogP contribution in [0.2, 0.25) is 0 Å². The highest BCUT2D eigenvalue weighted by Crippen LogP contribution is 2.41. The lowest BCUT2D eigenvalue weighted by Crippen LogP contribution is -2.47. The first kappa shape index (κ1) is 21.3. The molecule has 30 heavy (non-hydrogen) atoms. The highest BCUT2D eigenvalue weighted by molar-refractivity contribution is 7.10. The lowest BCUT2D eigenvalue weighted by Gasteiger charge is -2.37. The molecule has 1 aliphatic carbocycles. The maximum Gasteiger partial charge on any atom is 0.191 e. The zero-order valence-corrected chi connectivity index (χ0v) is 19.0. The van der Waals surface area contributed by atoms with Crippen molar-refractivity contribution in [1.29, 1.82) is 0 Å². The molecule has 0 aromatic carbocycles. The summed E-state index contributed by atoms with van der Waals surface area (Å²) in [4.78, 5) is 6.34. The summed E-state index contributed by atoms with van der Waals surface area (Å²) in [5.41, 5.74) is 0.208. The number of aromatic nitrogens is 3. The topological polar surface area (TPSA) is 76.4 Å². The number of ether oxygens (including phenoxy) is 1. The van der Waals surface area contributed by atoms with Gasteiger partial charge in [-0.2, -0.15) is 0 Å². The molecule has 164 valence electrons. The average molecular weight is 431 g/mol. The molecule has 0 amide bonds. The number of rotatable bonds is 7. The van der Waals surface area contributed by atoms with Crippen LogP contribution in [0.1, 0.15) is 61.5 Å². The molecule has 1 unspecified atom stereocenters. The molecule has 0 radical (unpaired) electrons. The summed E-state index contributed by atoms with van der Waals surface area (Å²) in [5.74, 6) is 2.62. The number of hydrogen-bond donors (Lipinski definition) is 2. The second-order valence-corrected chi connectivity index (χ2v) is 9.52. The molecule has 2 fully saturated rings. The molecule has 7 nitrogen and oxygen atoms in total. The van der Waals surface area contributed by atoms with Crippen LogP contribution in [0.15, 0.2) is 22.5 Å². The van der Waals surface area contributed by atoms with E-state index in [1.807, 2.05) is 29.9 Å². The van der Waals surface area contributed by atoms with Crippen molar-refractivity contribution in [2.75, 3.05) is 19.7 Å². The zero-order chi connectivity index (χ0) is 20.8. The summed E-state index contributed by atoms with van der Waals surface area (Å²) in [6, 6.07) is 4.48. The smallest absolute Gasteiger partial charge is 0.191 e. The molecule has 1 saturated carbocycles. The second kappa shape index (κ2) is 9.92. The Hall–Kier alpha value is -1.93. The molecule has 8 heteroatoms. The van der Waals surface area contributed by atoms with Crippen LogP contribution in [0.4, 0.5) is 0 Å². The van der Waals surface area contributed by atoms with Crippen LogP contribution in [0.25, 0.3) is 0 Å². The van der Waals surface area contributed by atoms with E-state index in [9.17, 15) is 0 Å². The number of thiophene rings is 1. The highest BCUT2D eigenvalue weighted by Gasteiger charge is 2.35. The minimum absolute atomic E-state index is 0.208. The molecule has 2 N–H and O–H groups in total. The maximum atomic E-state index is 5.79. The van der Waals surface area contributed by atoms with Gasteiger partial charge in [0.25, 0.3) is 0 Å². The molecule has 4 rings (SSSR count). The molecule has 1 saturated heterocycles.